The maximum absolute atomic E-state index is 11.1. The maximum Gasteiger partial charge on any atom is 0.402 e. The molecule has 1 aliphatic rings. The number of esters is 2. The molecule has 1 saturated heterocycles. The van der Waals surface area contributed by atoms with E-state index in [0.29, 0.717) is 0 Å². The molecule has 1 aliphatic heterocycles. The van der Waals surface area contributed by atoms with Crippen LogP contribution in [0.25, 0.3) is 0 Å². The number of hydrogen-bond donors (Lipinski definition) is 0. The van der Waals surface area contributed by atoms with E-state index in [0.717, 1.165) is 0 Å². The lowest BCUT2D eigenvalue weighted by molar-refractivity contribution is -0.217. The third-order valence-electron chi connectivity index (χ3n) is 1.57. The average Bonchev–Trinajstić information content (AvgIpc) is 2.84. The van der Waals surface area contributed by atoms with Crippen molar-refractivity contribution in [2.75, 3.05) is 6.61 Å². The third-order valence-corrected chi connectivity index (χ3v) is 1.57. The van der Waals surface area contributed by atoms with Crippen molar-refractivity contribution in [3.05, 3.63) is 24.3 Å². The Balaban J connectivity index is 2.54. The Morgan fingerprint density at radius 2 is 1.47 bits per heavy atom. The molecule has 0 unspecified atom stereocenters. The highest BCUT2D eigenvalue weighted by Crippen LogP contribution is 2.31. The number of rotatable bonds is 4. The highest BCUT2D eigenvalue weighted by molar-refractivity contribution is 5.89. The molecule has 1 rings (SSSR count). The average molecular weight is 212 g/mol. The Morgan fingerprint density at radius 3 is 1.67 bits per heavy atom. The molecule has 15 heavy (non-hydrogen) atoms. The first-order valence-electron chi connectivity index (χ1n) is 4.28. The summed E-state index contributed by atoms with van der Waals surface area (Å²) in [6.07, 6.45) is 0. The Labute approximate surface area is 87.3 Å². The predicted molar refractivity (Wildman–Crippen MR) is 50.5 cm³/mol. The third kappa shape index (κ3) is 2.92. The lowest BCUT2D eigenvalue weighted by Gasteiger charge is -2.13. The molecule has 0 spiro atoms. The molecule has 0 amide bonds. The lowest BCUT2D eigenvalue weighted by Crippen LogP contribution is -2.28. The Bertz CT molecular complexity index is 308. The van der Waals surface area contributed by atoms with Gasteiger partial charge in [-0.3, -0.25) is 4.74 Å². The van der Waals surface area contributed by atoms with Gasteiger partial charge < -0.3 is 9.47 Å². The SMILES string of the molecule is C=C(C)C(=O)OC1(OC(=O)C(=C)C)CO1. The van der Waals surface area contributed by atoms with Gasteiger partial charge in [0, 0.05) is 11.1 Å². The Hall–Kier alpha value is -1.62. The first-order chi connectivity index (χ1) is 6.86. The van der Waals surface area contributed by atoms with E-state index in [1.807, 2.05) is 0 Å². The first kappa shape index (κ1) is 11.5. The number of carbonyl (C=O) groups is 2. The van der Waals surface area contributed by atoms with Crippen LogP contribution in [-0.2, 0) is 23.8 Å². The van der Waals surface area contributed by atoms with E-state index in [-0.39, 0.29) is 17.8 Å². The molecule has 5 nitrogen and oxygen atoms in total. The van der Waals surface area contributed by atoms with Crippen molar-refractivity contribution in [2.24, 2.45) is 0 Å². The summed E-state index contributed by atoms with van der Waals surface area (Å²) in [6, 6.07) is 0. The van der Waals surface area contributed by atoms with Crippen LogP contribution in [0.4, 0.5) is 0 Å². The molecule has 0 bridgehead atoms. The summed E-state index contributed by atoms with van der Waals surface area (Å²) in [7, 11) is 0. The zero-order valence-corrected chi connectivity index (χ0v) is 8.66. The van der Waals surface area contributed by atoms with Crippen LogP contribution in [0.1, 0.15) is 13.8 Å². The minimum absolute atomic E-state index is 0.0328. The van der Waals surface area contributed by atoms with Crippen LogP contribution < -0.4 is 0 Å². The molecule has 82 valence electrons. The second kappa shape index (κ2) is 3.86. The van der Waals surface area contributed by atoms with E-state index >= 15 is 0 Å². The minimum Gasteiger partial charge on any atom is -0.393 e. The van der Waals surface area contributed by atoms with Crippen LogP contribution in [0.5, 0.6) is 0 Å². The molecular formula is C10H12O5. The van der Waals surface area contributed by atoms with Gasteiger partial charge in [-0.1, -0.05) is 13.2 Å². The summed E-state index contributed by atoms with van der Waals surface area (Å²) in [5.41, 5.74) is 0.410. The largest absolute Gasteiger partial charge is 0.402 e. The standard InChI is InChI=1S/C10H12O5/c1-6(2)8(11)14-10(5-13-10)15-9(12)7(3)4/h1,3,5H2,2,4H3. The Kier molecular flexibility index (Phi) is 2.95. The molecule has 0 atom stereocenters. The number of carbonyl (C=O) groups excluding carboxylic acids is 2. The molecule has 0 aliphatic carbocycles. The summed E-state index contributed by atoms with van der Waals surface area (Å²) in [5.74, 6) is -2.89. The highest BCUT2D eigenvalue weighted by Gasteiger charge is 2.54. The first-order valence-corrected chi connectivity index (χ1v) is 4.28. The fourth-order valence-corrected chi connectivity index (χ4v) is 0.654. The maximum atomic E-state index is 11.1. The smallest absolute Gasteiger partial charge is 0.393 e. The van der Waals surface area contributed by atoms with E-state index in [2.05, 4.69) is 13.2 Å². The van der Waals surface area contributed by atoms with Gasteiger partial charge in [0.2, 0.25) is 0 Å². The summed E-state index contributed by atoms with van der Waals surface area (Å²) in [6.45, 7) is 9.79. The zero-order chi connectivity index (χ0) is 11.6. The van der Waals surface area contributed by atoms with Crippen molar-refractivity contribution in [1.82, 2.24) is 0 Å². The van der Waals surface area contributed by atoms with E-state index in [1.165, 1.54) is 13.8 Å². The summed E-state index contributed by atoms with van der Waals surface area (Å²) in [4.78, 5) is 22.3. The summed E-state index contributed by atoms with van der Waals surface area (Å²) < 4.78 is 14.3. The molecule has 0 N–H and O–H groups in total. The molecule has 0 radical (unpaired) electrons. The van der Waals surface area contributed by atoms with E-state index in [1.54, 1.807) is 0 Å². The van der Waals surface area contributed by atoms with Crippen LogP contribution >= 0.6 is 0 Å². The van der Waals surface area contributed by atoms with Crippen LogP contribution in [-0.4, -0.2) is 24.5 Å². The molecular weight excluding hydrogens is 200 g/mol. The predicted octanol–water partition coefficient (Wildman–Crippen LogP) is 0.909. The van der Waals surface area contributed by atoms with Crippen molar-refractivity contribution in [3.8, 4) is 0 Å². The van der Waals surface area contributed by atoms with E-state index in [4.69, 9.17) is 14.2 Å². The molecule has 1 fully saturated rings. The molecule has 0 saturated carbocycles. The van der Waals surface area contributed by atoms with Crippen LogP contribution in [0.3, 0.4) is 0 Å². The molecule has 5 heteroatoms. The summed E-state index contributed by atoms with van der Waals surface area (Å²) in [5, 5.41) is 0. The topological polar surface area (TPSA) is 65.1 Å². The fraction of sp³-hybridized carbons (Fsp3) is 0.400. The van der Waals surface area contributed by atoms with Gasteiger partial charge in [-0.05, 0) is 13.8 Å². The summed E-state index contributed by atoms with van der Waals surface area (Å²) >= 11 is 0. The van der Waals surface area contributed by atoms with Gasteiger partial charge in [0.05, 0.1) is 0 Å². The number of epoxide rings is 1. The second-order valence-electron chi connectivity index (χ2n) is 3.31. The molecule has 0 aromatic rings. The van der Waals surface area contributed by atoms with Gasteiger partial charge in [-0.2, -0.15) is 0 Å². The van der Waals surface area contributed by atoms with Crippen molar-refractivity contribution in [1.29, 1.82) is 0 Å². The quantitative estimate of drug-likeness (QED) is 0.300. The number of ether oxygens (including phenoxy) is 3. The van der Waals surface area contributed by atoms with Gasteiger partial charge in [-0.15, -0.1) is 0 Å². The van der Waals surface area contributed by atoms with Crippen LogP contribution in [0, 0.1) is 0 Å². The fourth-order valence-electron chi connectivity index (χ4n) is 0.654. The van der Waals surface area contributed by atoms with E-state index < -0.39 is 17.9 Å². The second-order valence-corrected chi connectivity index (χ2v) is 3.31. The van der Waals surface area contributed by atoms with Gasteiger partial charge in [0.25, 0.3) is 0 Å². The van der Waals surface area contributed by atoms with Crippen LogP contribution in [0.15, 0.2) is 24.3 Å². The van der Waals surface area contributed by atoms with Crippen molar-refractivity contribution < 1.29 is 23.8 Å². The van der Waals surface area contributed by atoms with Gasteiger partial charge in [-0.25, -0.2) is 9.59 Å². The minimum atomic E-state index is -1.56. The van der Waals surface area contributed by atoms with Crippen molar-refractivity contribution >= 4 is 11.9 Å². The van der Waals surface area contributed by atoms with Gasteiger partial charge >= 0.3 is 17.9 Å². The van der Waals surface area contributed by atoms with Crippen molar-refractivity contribution in [3.63, 3.8) is 0 Å². The highest BCUT2D eigenvalue weighted by atomic mass is 17.0. The monoisotopic (exact) mass is 212 g/mol. The van der Waals surface area contributed by atoms with Crippen LogP contribution in [0.2, 0.25) is 0 Å². The van der Waals surface area contributed by atoms with Crippen molar-refractivity contribution in [2.45, 2.75) is 19.8 Å². The number of hydrogen-bond acceptors (Lipinski definition) is 5. The molecule has 0 aromatic heterocycles. The Morgan fingerprint density at radius 1 is 1.13 bits per heavy atom. The normalized spacial score (nSPS) is 16.4. The molecule has 1 heterocycles. The lowest BCUT2D eigenvalue weighted by atomic mass is 10.3. The zero-order valence-electron chi connectivity index (χ0n) is 8.66. The van der Waals surface area contributed by atoms with E-state index in [9.17, 15) is 9.59 Å². The molecule has 0 aromatic carbocycles. The van der Waals surface area contributed by atoms with Gasteiger partial charge in [0.1, 0.15) is 0 Å². The van der Waals surface area contributed by atoms with Gasteiger partial charge in [0.15, 0.2) is 6.61 Å².